The lowest BCUT2D eigenvalue weighted by Crippen LogP contribution is -2.12. The van der Waals surface area contributed by atoms with Crippen molar-refractivity contribution in [3.05, 3.63) is 95.6 Å². The Bertz CT molecular complexity index is 977. The minimum Gasteiger partial charge on any atom is -0.478 e. The van der Waals surface area contributed by atoms with Gasteiger partial charge in [-0.2, -0.15) is 0 Å². The van der Waals surface area contributed by atoms with Crippen molar-refractivity contribution in [2.24, 2.45) is 0 Å². The molecule has 3 aromatic carbocycles. The van der Waals surface area contributed by atoms with Gasteiger partial charge in [0.1, 0.15) is 11.6 Å². The van der Waals surface area contributed by atoms with Gasteiger partial charge in [0.05, 0.1) is 5.69 Å². The predicted octanol–water partition coefficient (Wildman–Crippen LogP) is 5.84. The zero-order valence-corrected chi connectivity index (χ0v) is 14.6. The van der Waals surface area contributed by atoms with Crippen LogP contribution in [0.1, 0.15) is 11.1 Å². The molecule has 0 radical (unpaired) electrons. The number of hydrogen-bond donors (Lipinski definition) is 1. The van der Waals surface area contributed by atoms with E-state index in [4.69, 9.17) is 5.11 Å². The van der Waals surface area contributed by atoms with Crippen molar-refractivity contribution in [3.8, 4) is 0 Å². The van der Waals surface area contributed by atoms with Crippen molar-refractivity contribution in [1.82, 2.24) is 0 Å². The van der Waals surface area contributed by atoms with Gasteiger partial charge in [-0.1, -0.05) is 30.3 Å². The molecule has 136 valence electrons. The molecule has 0 saturated carbocycles. The number of rotatable bonds is 5. The molecule has 3 nitrogen and oxygen atoms in total. The van der Waals surface area contributed by atoms with E-state index < -0.39 is 17.6 Å². The maximum Gasteiger partial charge on any atom is 0.328 e. The summed E-state index contributed by atoms with van der Waals surface area (Å²) < 4.78 is 27.7. The SMILES string of the molecule is Cc1ccccc1N(c1ccc(/C=C/C(=O)O)cc1)c1cc(F)cc(F)c1. The second-order valence-corrected chi connectivity index (χ2v) is 6.01. The van der Waals surface area contributed by atoms with Crippen LogP contribution in [0.25, 0.3) is 6.08 Å². The number of para-hydroxylation sites is 1. The van der Waals surface area contributed by atoms with E-state index in [1.54, 1.807) is 29.2 Å². The lowest BCUT2D eigenvalue weighted by Gasteiger charge is -2.27. The molecule has 0 aromatic heterocycles. The molecule has 0 amide bonds. The number of carboxylic acids is 1. The number of carbonyl (C=O) groups is 1. The second-order valence-electron chi connectivity index (χ2n) is 6.01. The number of halogens is 2. The van der Waals surface area contributed by atoms with E-state index in [1.807, 2.05) is 31.2 Å². The number of nitrogens with zero attached hydrogens (tertiary/aromatic N) is 1. The van der Waals surface area contributed by atoms with Gasteiger partial charge in [-0.25, -0.2) is 13.6 Å². The van der Waals surface area contributed by atoms with Crippen molar-refractivity contribution in [3.63, 3.8) is 0 Å². The zero-order chi connectivity index (χ0) is 19.4. The molecule has 5 heteroatoms. The molecule has 0 saturated heterocycles. The molecule has 0 aliphatic heterocycles. The van der Waals surface area contributed by atoms with Crippen LogP contribution in [0, 0.1) is 18.6 Å². The van der Waals surface area contributed by atoms with Gasteiger partial charge in [0, 0.05) is 23.5 Å². The van der Waals surface area contributed by atoms with E-state index >= 15 is 0 Å². The van der Waals surface area contributed by atoms with Crippen LogP contribution >= 0.6 is 0 Å². The summed E-state index contributed by atoms with van der Waals surface area (Å²) in [5.41, 5.74) is 3.49. The average molecular weight is 365 g/mol. The van der Waals surface area contributed by atoms with Gasteiger partial charge >= 0.3 is 5.97 Å². The standard InChI is InChI=1S/C22H17F2NO2/c1-15-4-2-3-5-21(15)25(20-13-17(23)12-18(24)14-20)19-9-6-16(7-10-19)8-11-22(26)27/h2-14H,1H3,(H,26,27)/b11-8+. The summed E-state index contributed by atoms with van der Waals surface area (Å²) in [6, 6.07) is 18.0. The largest absolute Gasteiger partial charge is 0.478 e. The zero-order valence-electron chi connectivity index (χ0n) is 14.6. The maximum atomic E-state index is 13.8. The van der Waals surface area contributed by atoms with Gasteiger partial charge in [0.15, 0.2) is 0 Å². The molecule has 0 spiro atoms. The molecule has 0 aliphatic rings. The van der Waals surface area contributed by atoms with Gasteiger partial charge in [0.25, 0.3) is 0 Å². The smallest absolute Gasteiger partial charge is 0.328 e. The predicted molar refractivity (Wildman–Crippen MR) is 102 cm³/mol. The molecular formula is C22H17F2NO2. The fourth-order valence-electron chi connectivity index (χ4n) is 2.81. The van der Waals surface area contributed by atoms with Crippen LogP contribution in [0.3, 0.4) is 0 Å². The van der Waals surface area contributed by atoms with Crippen LogP contribution in [-0.4, -0.2) is 11.1 Å². The highest BCUT2D eigenvalue weighted by atomic mass is 19.1. The molecule has 0 bridgehead atoms. The van der Waals surface area contributed by atoms with Gasteiger partial charge in [-0.05, 0) is 54.5 Å². The van der Waals surface area contributed by atoms with Gasteiger partial charge < -0.3 is 10.0 Å². The molecule has 27 heavy (non-hydrogen) atoms. The Hall–Kier alpha value is -3.47. The molecule has 0 unspecified atom stereocenters. The lowest BCUT2D eigenvalue weighted by molar-refractivity contribution is -0.131. The van der Waals surface area contributed by atoms with Gasteiger partial charge in [-0.3, -0.25) is 0 Å². The summed E-state index contributed by atoms with van der Waals surface area (Å²) >= 11 is 0. The fraction of sp³-hybridized carbons (Fsp3) is 0.0455. The van der Waals surface area contributed by atoms with E-state index in [0.29, 0.717) is 16.9 Å². The van der Waals surface area contributed by atoms with E-state index in [1.165, 1.54) is 18.2 Å². The highest BCUT2D eigenvalue weighted by Crippen LogP contribution is 2.37. The number of carboxylic acid groups (broad SMARTS) is 1. The Labute approximate surface area is 155 Å². The number of aryl methyl sites for hydroxylation is 1. The van der Waals surface area contributed by atoms with Crippen LogP contribution in [-0.2, 0) is 4.79 Å². The van der Waals surface area contributed by atoms with Crippen LogP contribution in [0.5, 0.6) is 0 Å². The summed E-state index contributed by atoms with van der Waals surface area (Å²) in [7, 11) is 0. The fourth-order valence-corrected chi connectivity index (χ4v) is 2.81. The number of aliphatic carboxylic acids is 1. The molecule has 0 fully saturated rings. The third-order valence-electron chi connectivity index (χ3n) is 4.03. The molecule has 3 aromatic rings. The van der Waals surface area contributed by atoms with E-state index in [9.17, 15) is 13.6 Å². The molecule has 1 N–H and O–H groups in total. The summed E-state index contributed by atoms with van der Waals surface area (Å²) in [6.45, 7) is 1.92. The Morgan fingerprint density at radius 3 is 2.15 bits per heavy atom. The Balaban J connectivity index is 2.10. The Morgan fingerprint density at radius 1 is 0.926 bits per heavy atom. The normalized spacial score (nSPS) is 10.9. The van der Waals surface area contributed by atoms with Crippen molar-refractivity contribution < 1.29 is 18.7 Å². The Kier molecular flexibility index (Phi) is 5.31. The van der Waals surface area contributed by atoms with Crippen molar-refractivity contribution in [2.45, 2.75) is 6.92 Å². The summed E-state index contributed by atoms with van der Waals surface area (Å²) in [6.07, 6.45) is 2.53. The maximum absolute atomic E-state index is 13.8. The molecule has 0 atom stereocenters. The van der Waals surface area contributed by atoms with Crippen LogP contribution in [0.2, 0.25) is 0 Å². The molecule has 0 aliphatic carbocycles. The van der Waals surface area contributed by atoms with Crippen molar-refractivity contribution in [2.75, 3.05) is 4.90 Å². The van der Waals surface area contributed by atoms with E-state index in [2.05, 4.69) is 0 Å². The highest BCUT2D eigenvalue weighted by Gasteiger charge is 2.16. The minimum atomic E-state index is -1.03. The van der Waals surface area contributed by atoms with E-state index in [0.717, 1.165) is 23.4 Å². The minimum absolute atomic E-state index is 0.357. The third-order valence-corrected chi connectivity index (χ3v) is 4.03. The Morgan fingerprint density at radius 2 is 1.56 bits per heavy atom. The topological polar surface area (TPSA) is 40.5 Å². The quantitative estimate of drug-likeness (QED) is 0.577. The first-order chi connectivity index (χ1) is 12.9. The van der Waals surface area contributed by atoms with E-state index in [-0.39, 0.29) is 0 Å². The summed E-state index contributed by atoms with van der Waals surface area (Å²) in [5, 5.41) is 8.73. The number of anilines is 3. The first-order valence-electron chi connectivity index (χ1n) is 8.27. The number of benzene rings is 3. The highest BCUT2D eigenvalue weighted by molar-refractivity contribution is 5.85. The summed E-state index contributed by atoms with van der Waals surface area (Å²) in [5.74, 6) is -2.36. The summed E-state index contributed by atoms with van der Waals surface area (Å²) in [4.78, 5) is 12.4. The molecular weight excluding hydrogens is 348 g/mol. The monoisotopic (exact) mass is 365 g/mol. The van der Waals surface area contributed by atoms with Crippen LogP contribution in [0.4, 0.5) is 25.8 Å². The second kappa shape index (κ2) is 7.83. The van der Waals surface area contributed by atoms with Gasteiger partial charge in [-0.15, -0.1) is 0 Å². The molecule has 0 heterocycles. The first-order valence-corrected chi connectivity index (χ1v) is 8.27. The van der Waals surface area contributed by atoms with Crippen molar-refractivity contribution in [1.29, 1.82) is 0 Å². The lowest BCUT2D eigenvalue weighted by atomic mass is 10.1. The van der Waals surface area contributed by atoms with Crippen LogP contribution in [0.15, 0.2) is 72.8 Å². The average Bonchev–Trinajstić information content (AvgIpc) is 2.62. The van der Waals surface area contributed by atoms with Gasteiger partial charge in [0.2, 0.25) is 0 Å². The van der Waals surface area contributed by atoms with Crippen molar-refractivity contribution >= 4 is 29.1 Å². The number of hydrogen-bond acceptors (Lipinski definition) is 2. The third kappa shape index (κ3) is 4.39. The first kappa shape index (κ1) is 18.3. The molecule has 3 rings (SSSR count). The van der Waals surface area contributed by atoms with Crippen LogP contribution < -0.4 is 4.90 Å².